The van der Waals surface area contributed by atoms with Gasteiger partial charge in [-0.25, -0.2) is 4.98 Å². The number of nitro groups is 1. The molecule has 0 saturated carbocycles. The van der Waals surface area contributed by atoms with E-state index in [0.29, 0.717) is 15.7 Å². The minimum Gasteiger partial charge on any atom is -0.382 e. The molecular formula is C12H11BrN4O3. The molecule has 2 rings (SSSR count). The number of benzene rings is 1. The molecule has 0 radical (unpaired) electrons. The van der Waals surface area contributed by atoms with Crippen molar-refractivity contribution in [2.24, 2.45) is 0 Å². The van der Waals surface area contributed by atoms with Crippen molar-refractivity contribution in [3.05, 3.63) is 61.2 Å². The molecule has 0 aliphatic heterocycles. The first kappa shape index (κ1) is 14.2. The van der Waals surface area contributed by atoms with Crippen molar-refractivity contribution in [1.29, 1.82) is 0 Å². The number of para-hydroxylation sites is 1. The molecule has 20 heavy (non-hydrogen) atoms. The third-order valence-electron chi connectivity index (χ3n) is 2.78. The van der Waals surface area contributed by atoms with E-state index in [1.165, 1.54) is 23.2 Å². The van der Waals surface area contributed by atoms with Crippen LogP contribution in [0.25, 0.3) is 0 Å². The zero-order valence-electron chi connectivity index (χ0n) is 10.5. The van der Waals surface area contributed by atoms with Crippen LogP contribution in [-0.2, 0) is 6.54 Å². The Morgan fingerprint density at radius 1 is 1.50 bits per heavy atom. The average Bonchev–Trinajstić information content (AvgIpc) is 2.43. The molecule has 1 heterocycles. The Labute approximate surface area is 122 Å². The van der Waals surface area contributed by atoms with Gasteiger partial charge in [0.25, 0.3) is 11.2 Å². The lowest BCUT2D eigenvalue weighted by Gasteiger charge is -2.11. The fourth-order valence-electron chi connectivity index (χ4n) is 1.88. The average molecular weight is 339 g/mol. The minimum atomic E-state index is -0.461. The van der Waals surface area contributed by atoms with Crippen molar-refractivity contribution in [3.63, 3.8) is 0 Å². The molecule has 0 amide bonds. The maximum absolute atomic E-state index is 11.9. The van der Waals surface area contributed by atoms with Gasteiger partial charge in [0.05, 0.1) is 17.8 Å². The number of halogens is 1. The van der Waals surface area contributed by atoms with Crippen molar-refractivity contribution >= 4 is 27.3 Å². The lowest BCUT2D eigenvalue weighted by Crippen LogP contribution is -2.21. The second kappa shape index (κ2) is 5.83. The molecule has 1 aromatic heterocycles. The van der Waals surface area contributed by atoms with Gasteiger partial charge in [-0.2, -0.15) is 0 Å². The highest BCUT2D eigenvalue weighted by molar-refractivity contribution is 9.10. The standard InChI is InChI=1S/C12H11BrN4O3/c1-14-11-8(3-2-4-10(11)17(19)20)6-16-7-15-5-9(13)12(16)18/h2-5,7,14H,6H2,1H3. The first-order chi connectivity index (χ1) is 9.54. The Morgan fingerprint density at radius 3 is 2.90 bits per heavy atom. The number of hydrogen-bond acceptors (Lipinski definition) is 5. The number of nitrogens with one attached hydrogen (secondary N) is 1. The van der Waals surface area contributed by atoms with Gasteiger partial charge in [0.2, 0.25) is 0 Å². The highest BCUT2D eigenvalue weighted by atomic mass is 79.9. The summed E-state index contributed by atoms with van der Waals surface area (Å²) in [5.41, 5.74) is 0.766. The Kier molecular flexibility index (Phi) is 4.14. The molecule has 0 aliphatic rings. The maximum Gasteiger partial charge on any atom is 0.292 e. The summed E-state index contributed by atoms with van der Waals surface area (Å²) < 4.78 is 1.72. The molecule has 2 aromatic rings. The third kappa shape index (κ3) is 2.69. The van der Waals surface area contributed by atoms with Crippen LogP contribution in [0, 0.1) is 10.1 Å². The van der Waals surface area contributed by atoms with Crippen LogP contribution in [0.2, 0.25) is 0 Å². The monoisotopic (exact) mass is 338 g/mol. The van der Waals surface area contributed by atoms with Gasteiger partial charge in [0.1, 0.15) is 10.2 Å². The first-order valence-electron chi connectivity index (χ1n) is 5.68. The maximum atomic E-state index is 11.9. The molecule has 7 nitrogen and oxygen atoms in total. The van der Waals surface area contributed by atoms with Gasteiger partial charge in [0, 0.05) is 24.9 Å². The third-order valence-corrected chi connectivity index (χ3v) is 3.32. The van der Waals surface area contributed by atoms with E-state index in [-0.39, 0.29) is 17.8 Å². The Bertz CT molecular complexity index is 714. The van der Waals surface area contributed by atoms with Gasteiger partial charge in [-0.1, -0.05) is 12.1 Å². The molecule has 0 bridgehead atoms. The Morgan fingerprint density at radius 2 is 2.25 bits per heavy atom. The van der Waals surface area contributed by atoms with Crippen molar-refractivity contribution < 1.29 is 4.92 Å². The van der Waals surface area contributed by atoms with Gasteiger partial charge >= 0.3 is 0 Å². The van der Waals surface area contributed by atoms with Crippen molar-refractivity contribution in [2.45, 2.75) is 6.54 Å². The lowest BCUT2D eigenvalue weighted by atomic mass is 10.1. The van der Waals surface area contributed by atoms with E-state index in [1.54, 1.807) is 19.2 Å². The van der Waals surface area contributed by atoms with Crippen LogP contribution in [0.4, 0.5) is 11.4 Å². The van der Waals surface area contributed by atoms with Crippen LogP contribution in [-0.4, -0.2) is 21.5 Å². The molecule has 1 aromatic carbocycles. The van der Waals surface area contributed by atoms with Crippen LogP contribution in [0.5, 0.6) is 0 Å². The normalized spacial score (nSPS) is 10.3. The van der Waals surface area contributed by atoms with Crippen LogP contribution in [0.15, 0.2) is 40.0 Å². The summed E-state index contributed by atoms with van der Waals surface area (Å²) in [7, 11) is 1.60. The van der Waals surface area contributed by atoms with Crippen LogP contribution >= 0.6 is 15.9 Å². The predicted molar refractivity (Wildman–Crippen MR) is 77.9 cm³/mol. The largest absolute Gasteiger partial charge is 0.382 e. The predicted octanol–water partition coefficient (Wildman–Crippen LogP) is 2.00. The zero-order chi connectivity index (χ0) is 14.7. The molecular weight excluding hydrogens is 328 g/mol. The molecule has 8 heteroatoms. The second-order valence-electron chi connectivity index (χ2n) is 3.99. The molecule has 0 atom stereocenters. The molecule has 0 saturated heterocycles. The van der Waals surface area contributed by atoms with E-state index < -0.39 is 4.92 Å². The number of nitro benzene ring substituents is 1. The first-order valence-corrected chi connectivity index (χ1v) is 6.48. The number of aromatic nitrogens is 2. The summed E-state index contributed by atoms with van der Waals surface area (Å²) in [6.45, 7) is 0.198. The molecule has 0 spiro atoms. The van der Waals surface area contributed by atoms with Gasteiger partial charge in [-0.15, -0.1) is 0 Å². The summed E-state index contributed by atoms with van der Waals surface area (Å²) in [5.74, 6) is 0. The number of rotatable bonds is 4. The van der Waals surface area contributed by atoms with Gasteiger partial charge in [0.15, 0.2) is 0 Å². The lowest BCUT2D eigenvalue weighted by molar-refractivity contribution is -0.384. The second-order valence-corrected chi connectivity index (χ2v) is 4.85. The smallest absolute Gasteiger partial charge is 0.292 e. The fourth-order valence-corrected chi connectivity index (χ4v) is 2.23. The van der Waals surface area contributed by atoms with Crippen molar-refractivity contribution in [3.8, 4) is 0 Å². The van der Waals surface area contributed by atoms with E-state index in [1.807, 2.05) is 0 Å². The van der Waals surface area contributed by atoms with Gasteiger partial charge in [-0.3, -0.25) is 19.5 Å². The molecule has 0 aliphatic carbocycles. The fraction of sp³-hybridized carbons (Fsp3) is 0.167. The van der Waals surface area contributed by atoms with E-state index in [4.69, 9.17) is 0 Å². The highest BCUT2D eigenvalue weighted by Crippen LogP contribution is 2.28. The topological polar surface area (TPSA) is 90.1 Å². The molecule has 1 N–H and O–H groups in total. The SMILES string of the molecule is CNc1c(Cn2cncc(Br)c2=O)cccc1[N+](=O)[O-]. The van der Waals surface area contributed by atoms with Crippen molar-refractivity contribution in [1.82, 2.24) is 9.55 Å². The zero-order valence-corrected chi connectivity index (χ0v) is 12.1. The van der Waals surface area contributed by atoms with Gasteiger partial charge in [-0.05, 0) is 15.9 Å². The van der Waals surface area contributed by atoms with E-state index in [0.717, 1.165) is 0 Å². The highest BCUT2D eigenvalue weighted by Gasteiger charge is 2.16. The molecule has 104 valence electrons. The molecule has 0 fully saturated rings. The van der Waals surface area contributed by atoms with E-state index >= 15 is 0 Å². The van der Waals surface area contributed by atoms with Crippen LogP contribution in [0.3, 0.4) is 0 Å². The van der Waals surface area contributed by atoms with Crippen LogP contribution < -0.4 is 10.9 Å². The summed E-state index contributed by atoms with van der Waals surface area (Å²) in [4.78, 5) is 26.4. The molecule has 0 unspecified atom stereocenters. The number of anilines is 1. The summed E-state index contributed by atoms with van der Waals surface area (Å²) in [6, 6.07) is 4.73. The summed E-state index contributed by atoms with van der Waals surface area (Å²) in [5, 5.41) is 13.8. The van der Waals surface area contributed by atoms with E-state index in [2.05, 4.69) is 26.2 Å². The van der Waals surface area contributed by atoms with Crippen LogP contribution in [0.1, 0.15) is 5.56 Å². The quantitative estimate of drug-likeness (QED) is 0.680. The van der Waals surface area contributed by atoms with E-state index in [9.17, 15) is 14.9 Å². The summed E-state index contributed by atoms with van der Waals surface area (Å²) >= 11 is 3.11. The Hall–Kier alpha value is -2.22. The Balaban J connectivity index is 2.49. The minimum absolute atomic E-state index is 0.0268. The number of nitrogens with zero attached hydrogens (tertiary/aromatic N) is 3. The number of hydrogen-bond donors (Lipinski definition) is 1. The van der Waals surface area contributed by atoms with Gasteiger partial charge < -0.3 is 5.32 Å². The summed E-state index contributed by atoms with van der Waals surface area (Å²) in [6.07, 6.45) is 2.80. The van der Waals surface area contributed by atoms with Crippen molar-refractivity contribution in [2.75, 3.05) is 12.4 Å².